The number of carbonyl (C=O) groups is 1. The fourth-order valence-corrected chi connectivity index (χ4v) is 1.93. The van der Waals surface area contributed by atoms with Crippen LogP contribution in [0.15, 0.2) is 35.2 Å². The molecule has 1 aromatic carbocycles. The zero-order valence-corrected chi connectivity index (χ0v) is 9.38. The first-order chi connectivity index (χ1) is 7.38. The highest BCUT2D eigenvalue weighted by molar-refractivity contribution is 7.99. The van der Waals surface area contributed by atoms with Gasteiger partial charge in [-0.1, -0.05) is 30.2 Å². The molecule has 1 nitrogen and oxygen atoms in total. The molecule has 0 aliphatic heterocycles. The molecular weight excluding hydrogens is 204 g/mol. The van der Waals surface area contributed by atoms with Gasteiger partial charge in [0, 0.05) is 4.90 Å². The Labute approximate surface area is 94.6 Å². The summed E-state index contributed by atoms with van der Waals surface area (Å²) in [6.45, 7) is 1.83. The fraction of sp³-hybridized carbons (Fsp3) is 0.154. The van der Waals surface area contributed by atoms with Crippen molar-refractivity contribution in [3.63, 3.8) is 0 Å². The highest BCUT2D eigenvalue weighted by Gasteiger charge is 1.97. The van der Waals surface area contributed by atoms with Gasteiger partial charge in [0.2, 0.25) is 0 Å². The molecule has 76 valence electrons. The van der Waals surface area contributed by atoms with Crippen molar-refractivity contribution >= 4 is 24.1 Å². The van der Waals surface area contributed by atoms with Crippen molar-refractivity contribution in [2.45, 2.75) is 11.8 Å². The molecule has 0 spiro atoms. The zero-order valence-electron chi connectivity index (χ0n) is 8.57. The lowest BCUT2D eigenvalue weighted by molar-refractivity contribution is -0.104. The number of aldehydes is 1. The van der Waals surface area contributed by atoms with Crippen LogP contribution < -0.4 is 0 Å². The van der Waals surface area contributed by atoms with Crippen molar-refractivity contribution in [2.75, 3.05) is 5.75 Å². The average molecular weight is 216 g/mol. The van der Waals surface area contributed by atoms with E-state index in [9.17, 15) is 4.79 Å². The molecule has 0 saturated heterocycles. The molecule has 0 N–H and O–H groups in total. The quantitative estimate of drug-likeness (QED) is 0.333. The Morgan fingerprint density at radius 3 is 2.93 bits per heavy atom. The van der Waals surface area contributed by atoms with Gasteiger partial charge >= 0.3 is 0 Å². The summed E-state index contributed by atoms with van der Waals surface area (Å²) in [7, 11) is 0. The third kappa shape index (κ3) is 4.05. The number of benzene rings is 1. The second-order valence-electron chi connectivity index (χ2n) is 2.75. The molecule has 0 fully saturated rings. The maximum Gasteiger partial charge on any atom is 0.142 e. The van der Waals surface area contributed by atoms with Gasteiger partial charge in [-0.05, 0) is 24.6 Å². The van der Waals surface area contributed by atoms with Crippen LogP contribution in [-0.2, 0) is 4.79 Å². The van der Waals surface area contributed by atoms with Gasteiger partial charge in [0.15, 0.2) is 0 Å². The van der Waals surface area contributed by atoms with Crippen molar-refractivity contribution in [3.05, 3.63) is 35.9 Å². The molecule has 0 saturated carbocycles. The highest BCUT2D eigenvalue weighted by atomic mass is 32.2. The van der Waals surface area contributed by atoms with Gasteiger partial charge in [-0.25, -0.2) is 0 Å². The van der Waals surface area contributed by atoms with Crippen molar-refractivity contribution in [1.29, 1.82) is 0 Å². The summed E-state index contributed by atoms with van der Waals surface area (Å²) >= 11 is 1.68. The summed E-state index contributed by atoms with van der Waals surface area (Å²) in [6, 6.07) is 7.97. The third-order valence-corrected chi connectivity index (χ3v) is 2.72. The van der Waals surface area contributed by atoms with Crippen LogP contribution in [0.2, 0.25) is 0 Å². The lowest BCUT2D eigenvalue weighted by Crippen LogP contribution is -1.80. The van der Waals surface area contributed by atoms with Crippen LogP contribution in [0.3, 0.4) is 0 Å². The number of allylic oxidation sites excluding steroid dienone is 1. The van der Waals surface area contributed by atoms with E-state index in [1.807, 2.05) is 37.3 Å². The maximum absolute atomic E-state index is 10.2. The Balaban J connectivity index is 2.79. The van der Waals surface area contributed by atoms with Gasteiger partial charge in [0.05, 0.1) is 5.75 Å². The molecule has 0 radical (unpaired) electrons. The molecular formula is C13H12OS. The minimum absolute atomic E-state index is 0.780. The van der Waals surface area contributed by atoms with Crippen LogP contribution in [0.5, 0.6) is 0 Å². The van der Waals surface area contributed by atoms with Crippen molar-refractivity contribution in [1.82, 2.24) is 0 Å². The first kappa shape index (κ1) is 11.6. The van der Waals surface area contributed by atoms with E-state index in [1.54, 1.807) is 11.8 Å². The number of thioether (sulfide) groups is 1. The Hall–Kier alpha value is -1.46. The second-order valence-corrected chi connectivity index (χ2v) is 3.77. The lowest BCUT2D eigenvalue weighted by atomic mass is 10.2. The van der Waals surface area contributed by atoms with Crippen LogP contribution in [0.25, 0.3) is 6.08 Å². The Kier molecular flexibility index (Phi) is 5.35. The topological polar surface area (TPSA) is 17.1 Å². The third-order valence-electron chi connectivity index (χ3n) is 1.75. The van der Waals surface area contributed by atoms with E-state index < -0.39 is 0 Å². The minimum Gasteiger partial charge on any atom is -0.299 e. The molecule has 15 heavy (non-hydrogen) atoms. The average Bonchev–Trinajstić information content (AvgIpc) is 2.28. The lowest BCUT2D eigenvalue weighted by Gasteiger charge is -2.02. The number of hydrogen-bond donors (Lipinski definition) is 0. The summed E-state index contributed by atoms with van der Waals surface area (Å²) in [5.41, 5.74) is 1.06. The SMILES string of the molecule is CC#CCSc1ccccc1/C=C/C=O. The molecule has 1 rings (SSSR count). The maximum atomic E-state index is 10.2. The van der Waals surface area contributed by atoms with Gasteiger partial charge in [-0.2, -0.15) is 0 Å². The predicted molar refractivity (Wildman–Crippen MR) is 65.7 cm³/mol. The largest absolute Gasteiger partial charge is 0.299 e. The number of hydrogen-bond acceptors (Lipinski definition) is 2. The number of carbonyl (C=O) groups excluding carboxylic acids is 1. The van der Waals surface area contributed by atoms with E-state index in [4.69, 9.17) is 0 Å². The van der Waals surface area contributed by atoms with Crippen molar-refractivity contribution in [2.24, 2.45) is 0 Å². The minimum atomic E-state index is 0.780. The van der Waals surface area contributed by atoms with E-state index >= 15 is 0 Å². The normalized spacial score (nSPS) is 9.67. The Morgan fingerprint density at radius 1 is 1.40 bits per heavy atom. The van der Waals surface area contributed by atoms with Gasteiger partial charge < -0.3 is 0 Å². The summed E-state index contributed by atoms with van der Waals surface area (Å²) in [5.74, 6) is 6.64. The van der Waals surface area contributed by atoms with E-state index in [0.29, 0.717) is 0 Å². The first-order valence-corrected chi connectivity index (χ1v) is 5.60. The van der Waals surface area contributed by atoms with Crippen LogP contribution in [0, 0.1) is 11.8 Å². The molecule has 0 aromatic heterocycles. The van der Waals surface area contributed by atoms with Crippen molar-refractivity contribution in [3.8, 4) is 11.8 Å². The number of rotatable bonds is 4. The molecule has 1 aromatic rings. The summed E-state index contributed by atoms with van der Waals surface area (Å²) in [5, 5.41) is 0. The van der Waals surface area contributed by atoms with E-state index in [2.05, 4.69) is 11.8 Å². The smallest absolute Gasteiger partial charge is 0.142 e. The first-order valence-electron chi connectivity index (χ1n) is 4.61. The Bertz CT molecular complexity index is 410. The molecule has 2 heteroatoms. The molecule has 0 heterocycles. The van der Waals surface area contributed by atoms with Gasteiger partial charge in [0.25, 0.3) is 0 Å². The molecule has 0 unspecified atom stereocenters. The summed E-state index contributed by atoms with van der Waals surface area (Å²) in [4.78, 5) is 11.4. The van der Waals surface area contributed by atoms with E-state index in [-0.39, 0.29) is 0 Å². The van der Waals surface area contributed by atoms with Crippen LogP contribution >= 0.6 is 11.8 Å². The van der Waals surface area contributed by atoms with Crippen LogP contribution in [0.1, 0.15) is 12.5 Å². The molecule has 0 aliphatic carbocycles. The highest BCUT2D eigenvalue weighted by Crippen LogP contribution is 2.22. The van der Waals surface area contributed by atoms with Gasteiger partial charge in [0.1, 0.15) is 6.29 Å². The van der Waals surface area contributed by atoms with Crippen molar-refractivity contribution < 1.29 is 4.79 Å². The molecule has 0 aliphatic rings. The monoisotopic (exact) mass is 216 g/mol. The molecule has 0 bridgehead atoms. The fourth-order valence-electron chi connectivity index (χ4n) is 1.08. The van der Waals surface area contributed by atoms with E-state index in [1.165, 1.54) is 6.08 Å². The summed E-state index contributed by atoms with van der Waals surface area (Å²) in [6.07, 6.45) is 4.10. The van der Waals surface area contributed by atoms with Gasteiger partial charge in [-0.3, -0.25) is 4.79 Å². The predicted octanol–water partition coefficient (Wildman–Crippen LogP) is 3.01. The summed E-state index contributed by atoms with van der Waals surface area (Å²) < 4.78 is 0. The van der Waals surface area contributed by atoms with E-state index in [0.717, 1.165) is 22.5 Å². The zero-order chi connectivity index (χ0) is 10.9. The van der Waals surface area contributed by atoms with Gasteiger partial charge in [-0.15, -0.1) is 17.7 Å². The molecule has 0 atom stereocenters. The standard InChI is InChI=1S/C13H12OS/c1-2-3-11-15-13-9-5-4-7-12(13)8-6-10-14/h4-10H,11H2,1H3/b8-6+. The second kappa shape index (κ2) is 6.92. The van der Waals surface area contributed by atoms with Crippen LogP contribution in [-0.4, -0.2) is 12.0 Å². The van der Waals surface area contributed by atoms with Crippen LogP contribution in [0.4, 0.5) is 0 Å². The molecule has 0 amide bonds. The Morgan fingerprint density at radius 2 is 2.20 bits per heavy atom.